The third kappa shape index (κ3) is 1.32. The molecule has 1 aliphatic rings. The Labute approximate surface area is 76.2 Å². The summed E-state index contributed by atoms with van der Waals surface area (Å²) in [6.07, 6.45) is 4.24. The molecule has 1 aliphatic carbocycles. The van der Waals surface area contributed by atoms with E-state index in [4.69, 9.17) is 11.6 Å². The zero-order valence-electron chi connectivity index (χ0n) is 6.63. The van der Waals surface area contributed by atoms with Crippen molar-refractivity contribution in [1.82, 2.24) is 4.98 Å². The van der Waals surface area contributed by atoms with Gasteiger partial charge in [0.1, 0.15) is 5.15 Å². The number of nitrogens with zero attached hydrogens (tertiary/aromatic N) is 1. The molecule has 0 saturated carbocycles. The fourth-order valence-corrected chi connectivity index (χ4v) is 1.82. The van der Waals surface area contributed by atoms with E-state index in [-0.39, 0.29) is 6.10 Å². The lowest BCUT2D eigenvalue weighted by Crippen LogP contribution is -2.09. The van der Waals surface area contributed by atoms with Crippen LogP contribution in [0.4, 0.5) is 0 Å². The van der Waals surface area contributed by atoms with Crippen LogP contribution in [0.3, 0.4) is 0 Å². The largest absolute Gasteiger partial charge is 0.388 e. The Bertz CT molecular complexity index is 301. The van der Waals surface area contributed by atoms with E-state index >= 15 is 0 Å². The fraction of sp³-hybridized carbons (Fsp3) is 0.444. The van der Waals surface area contributed by atoms with E-state index in [2.05, 4.69) is 4.98 Å². The standard InChI is InChI=1S/C9H10ClNO/c10-9-4-6-2-1-3-8(12)7(6)5-11-9/h4-5,8,12H,1-3H2/t8-/m0/s1. The van der Waals surface area contributed by atoms with Crippen LogP contribution in [0.1, 0.15) is 30.1 Å². The van der Waals surface area contributed by atoms with Crippen molar-refractivity contribution in [3.05, 3.63) is 28.5 Å². The van der Waals surface area contributed by atoms with Gasteiger partial charge in [-0.1, -0.05) is 11.6 Å². The van der Waals surface area contributed by atoms with E-state index < -0.39 is 0 Å². The van der Waals surface area contributed by atoms with Crippen LogP contribution in [-0.4, -0.2) is 10.1 Å². The van der Waals surface area contributed by atoms with E-state index in [9.17, 15) is 5.11 Å². The SMILES string of the molecule is O[C@H]1CCCc2cc(Cl)ncc21. The molecule has 64 valence electrons. The molecule has 2 rings (SSSR count). The van der Waals surface area contributed by atoms with Gasteiger partial charge in [0, 0.05) is 11.8 Å². The molecule has 0 fully saturated rings. The predicted octanol–water partition coefficient (Wildman–Crippen LogP) is 2.10. The highest BCUT2D eigenvalue weighted by molar-refractivity contribution is 6.29. The highest BCUT2D eigenvalue weighted by atomic mass is 35.5. The molecule has 0 aromatic carbocycles. The summed E-state index contributed by atoms with van der Waals surface area (Å²) in [6, 6.07) is 1.85. The van der Waals surface area contributed by atoms with E-state index in [0.717, 1.165) is 30.4 Å². The van der Waals surface area contributed by atoms with Gasteiger partial charge in [-0.25, -0.2) is 4.98 Å². The van der Waals surface area contributed by atoms with Crippen LogP contribution in [-0.2, 0) is 6.42 Å². The first-order valence-electron chi connectivity index (χ1n) is 4.10. The Morgan fingerprint density at radius 3 is 3.25 bits per heavy atom. The van der Waals surface area contributed by atoms with Gasteiger partial charge in [0.2, 0.25) is 0 Å². The molecule has 2 nitrogen and oxygen atoms in total. The summed E-state index contributed by atoms with van der Waals surface area (Å²) in [5, 5.41) is 10.1. The predicted molar refractivity (Wildman–Crippen MR) is 47.1 cm³/mol. The number of aromatic nitrogens is 1. The lowest BCUT2D eigenvalue weighted by atomic mass is 9.91. The summed E-state index contributed by atoms with van der Waals surface area (Å²) in [4.78, 5) is 3.95. The molecule has 3 heteroatoms. The van der Waals surface area contributed by atoms with Crippen molar-refractivity contribution in [2.45, 2.75) is 25.4 Å². The third-order valence-corrected chi connectivity index (χ3v) is 2.48. The number of halogens is 1. The second-order valence-electron chi connectivity index (χ2n) is 3.11. The molecule has 0 radical (unpaired) electrons. The monoisotopic (exact) mass is 183 g/mol. The van der Waals surface area contributed by atoms with Gasteiger partial charge in [-0.3, -0.25) is 0 Å². The van der Waals surface area contributed by atoms with E-state index in [1.165, 1.54) is 0 Å². The summed E-state index contributed by atoms with van der Waals surface area (Å²) >= 11 is 5.73. The Morgan fingerprint density at radius 2 is 2.42 bits per heavy atom. The first-order chi connectivity index (χ1) is 5.77. The smallest absolute Gasteiger partial charge is 0.129 e. The average molecular weight is 184 g/mol. The summed E-state index contributed by atoms with van der Waals surface area (Å²) in [6.45, 7) is 0. The average Bonchev–Trinajstić information content (AvgIpc) is 2.04. The van der Waals surface area contributed by atoms with Gasteiger partial charge >= 0.3 is 0 Å². The third-order valence-electron chi connectivity index (χ3n) is 2.27. The van der Waals surface area contributed by atoms with Crippen LogP contribution in [0.25, 0.3) is 0 Å². The Balaban J connectivity index is 2.46. The minimum absolute atomic E-state index is 0.335. The van der Waals surface area contributed by atoms with Crippen molar-refractivity contribution in [2.75, 3.05) is 0 Å². The van der Waals surface area contributed by atoms with E-state index in [1.54, 1.807) is 6.20 Å². The zero-order chi connectivity index (χ0) is 8.55. The lowest BCUT2D eigenvalue weighted by molar-refractivity contribution is 0.156. The highest BCUT2D eigenvalue weighted by Crippen LogP contribution is 2.29. The number of aliphatic hydroxyl groups excluding tert-OH is 1. The second-order valence-corrected chi connectivity index (χ2v) is 3.50. The molecule has 1 aromatic rings. The fourth-order valence-electron chi connectivity index (χ4n) is 1.64. The van der Waals surface area contributed by atoms with E-state index in [1.807, 2.05) is 6.07 Å². The van der Waals surface area contributed by atoms with Gasteiger partial charge in [0.15, 0.2) is 0 Å². The van der Waals surface area contributed by atoms with Crippen molar-refractivity contribution in [3.63, 3.8) is 0 Å². The summed E-state index contributed by atoms with van der Waals surface area (Å²) < 4.78 is 0. The molecule has 0 bridgehead atoms. The quantitative estimate of drug-likeness (QED) is 0.625. The number of aliphatic hydroxyl groups is 1. The topological polar surface area (TPSA) is 33.1 Å². The zero-order valence-corrected chi connectivity index (χ0v) is 7.38. The Kier molecular flexibility index (Phi) is 2.03. The minimum atomic E-state index is -0.335. The Morgan fingerprint density at radius 1 is 1.58 bits per heavy atom. The van der Waals surface area contributed by atoms with Gasteiger partial charge in [-0.2, -0.15) is 0 Å². The number of hydrogen-bond acceptors (Lipinski definition) is 2. The molecule has 12 heavy (non-hydrogen) atoms. The minimum Gasteiger partial charge on any atom is -0.388 e. The van der Waals surface area contributed by atoms with Crippen LogP contribution in [0.5, 0.6) is 0 Å². The number of fused-ring (bicyclic) bond motifs is 1. The molecule has 0 spiro atoms. The molecule has 0 saturated heterocycles. The Hall–Kier alpha value is -0.600. The molecule has 1 aromatic heterocycles. The lowest BCUT2D eigenvalue weighted by Gasteiger charge is -2.20. The van der Waals surface area contributed by atoms with Crippen LogP contribution in [0, 0.1) is 0 Å². The van der Waals surface area contributed by atoms with Crippen molar-refractivity contribution < 1.29 is 5.11 Å². The van der Waals surface area contributed by atoms with Gasteiger partial charge < -0.3 is 5.11 Å². The van der Waals surface area contributed by atoms with Gasteiger partial charge in [0.05, 0.1) is 6.10 Å². The maximum Gasteiger partial charge on any atom is 0.129 e. The van der Waals surface area contributed by atoms with E-state index in [0.29, 0.717) is 5.15 Å². The first kappa shape index (κ1) is 8.02. The van der Waals surface area contributed by atoms with Gasteiger partial charge in [-0.15, -0.1) is 0 Å². The van der Waals surface area contributed by atoms with Crippen LogP contribution < -0.4 is 0 Å². The first-order valence-corrected chi connectivity index (χ1v) is 4.47. The maximum absolute atomic E-state index is 9.57. The molecular formula is C9H10ClNO. The normalized spacial score (nSPS) is 22.0. The maximum atomic E-state index is 9.57. The molecule has 1 atom stereocenters. The van der Waals surface area contributed by atoms with Crippen LogP contribution in [0.15, 0.2) is 12.3 Å². The number of hydrogen-bond donors (Lipinski definition) is 1. The van der Waals surface area contributed by atoms with Crippen molar-refractivity contribution in [3.8, 4) is 0 Å². The molecule has 0 unspecified atom stereocenters. The summed E-state index contributed by atoms with van der Waals surface area (Å²) in [5.41, 5.74) is 2.10. The summed E-state index contributed by atoms with van der Waals surface area (Å²) in [7, 11) is 0. The number of rotatable bonds is 0. The van der Waals surface area contributed by atoms with Gasteiger partial charge in [0.25, 0.3) is 0 Å². The second kappa shape index (κ2) is 3.04. The molecule has 0 aliphatic heterocycles. The van der Waals surface area contributed by atoms with Crippen molar-refractivity contribution in [2.24, 2.45) is 0 Å². The van der Waals surface area contributed by atoms with Gasteiger partial charge in [-0.05, 0) is 30.9 Å². The molecule has 0 amide bonds. The van der Waals surface area contributed by atoms with Crippen LogP contribution >= 0.6 is 11.6 Å². The molecule has 1 N–H and O–H groups in total. The molecular weight excluding hydrogens is 174 g/mol. The van der Waals surface area contributed by atoms with Crippen molar-refractivity contribution >= 4 is 11.6 Å². The number of aryl methyl sites for hydroxylation is 1. The number of pyridine rings is 1. The molecule has 1 heterocycles. The summed E-state index contributed by atoms with van der Waals surface area (Å²) in [5.74, 6) is 0. The highest BCUT2D eigenvalue weighted by Gasteiger charge is 2.17. The van der Waals surface area contributed by atoms with Crippen LogP contribution in [0.2, 0.25) is 5.15 Å². The van der Waals surface area contributed by atoms with Crippen molar-refractivity contribution in [1.29, 1.82) is 0 Å².